The highest BCUT2D eigenvalue weighted by molar-refractivity contribution is 5.76. The van der Waals surface area contributed by atoms with Crippen molar-refractivity contribution in [1.82, 2.24) is 14.7 Å². The van der Waals surface area contributed by atoms with Crippen molar-refractivity contribution in [2.45, 2.75) is 58.0 Å². The van der Waals surface area contributed by atoms with Crippen LogP contribution in [0.4, 0.5) is 14.0 Å². The number of likely N-dealkylation sites (tertiary alicyclic amines) is 1. The van der Waals surface area contributed by atoms with Crippen LogP contribution in [0.5, 0.6) is 0 Å². The summed E-state index contributed by atoms with van der Waals surface area (Å²) in [4.78, 5) is 29.8. The van der Waals surface area contributed by atoms with Crippen LogP contribution in [0.2, 0.25) is 0 Å². The van der Waals surface area contributed by atoms with E-state index in [4.69, 9.17) is 0 Å². The molecule has 33 heavy (non-hydrogen) atoms. The maximum Gasteiger partial charge on any atom is 0.407 e. The highest BCUT2D eigenvalue weighted by Crippen LogP contribution is 2.28. The summed E-state index contributed by atoms with van der Waals surface area (Å²) in [6.07, 6.45) is 0.338. The van der Waals surface area contributed by atoms with Crippen LogP contribution in [0.15, 0.2) is 42.5 Å². The molecule has 1 unspecified atom stereocenters. The summed E-state index contributed by atoms with van der Waals surface area (Å²) in [6, 6.07) is 12.3. The third kappa shape index (κ3) is 5.45. The average Bonchev–Trinajstić information content (AvgIpc) is 2.91. The van der Waals surface area contributed by atoms with Crippen LogP contribution >= 0.6 is 0 Å². The van der Waals surface area contributed by atoms with Crippen LogP contribution in [0, 0.1) is 5.82 Å². The molecule has 2 aromatic rings. The first kappa shape index (κ1) is 23.0. The SMILES string of the molecule is CC(O)Cc1ccc(CN2Cc3ccc(F)cc3CN(C3CCN(C(=O)O)CC3)C2=O)cc1. The lowest BCUT2D eigenvalue weighted by atomic mass is 10.0. The molecule has 3 amide bonds. The van der Waals surface area contributed by atoms with Gasteiger partial charge in [0.1, 0.15) is 5.82 Å². The van der Waals surface area contributed by atoms with Crippen LogP contribution in [0.25, 0.3) is 0 Å². The molecule has 2 aliphatic heterocycles. The second-order valence-corrected chi connectivity index (χ2v) is 9.05. The fourth-order valence-corrected chi connectivity index (χ4v) is 4.72. The lowest BCUT2D eigenvalue weighted by Crippen LogP contribution is -2.50. The lowest BCUT2D eigenvalue weighted by Gasteiger charge is -2.38. The molecule has 2 heterocycles. The van der Waals surface area contributed by atoms with E-state index in [0.29, 0.717) is 52.0 Å². The molecule has 0 radical (unpaired) electrons. The number of nitrogens with zero attached hydrogens (tertiary/aromatic N) is 3. The third-order valence-electron chi connectivity index (χ3n) is 6.49. The van der Waals surface area contributed by atoms with Crippen molar-refractivity contribution in [2.24, 2.45) is 0 Å². The molecule has 0 spiro atoms. The van der Waals surface area contributed by atoms with Crippen molar-refractivity contribution >= 4 is 12.1 Å². The first-order valence-corrected chi connectivity index (χ1v) is 11.4. The molecule has 176 valence electrons. The molecule has 0 bridgehead atoms. The van der Waals surface area contributed by atoms with E-state index >= 15 is 0 Å². The van der Waals surface area contributed by atoms with Gasteiger partial charge in [-0.05, 0) is 60.6 Å². The Hall–Kier alpha value is -3.13. The maximum atomic E-state index is 14.0. The molecule has 0 aliphatic carbocycles. The molecule has 4 rings (SSSR count). The Labute approximate surface area is 193 Å². The zero-order valence-corrected chi connectivity index (χ0v) is 18.8. The number of carbonyl (C=O) groups excluding carboxylic acids is 1. The summed E-state index contributed by atoms with van der Waals surface area (Å²) >= 11 is 0. The molecular weight excluding hydrogens is 425 g/mol. The lowest BCUT2D eigenvalue weighted by molar-refractivity contribution is 0.0886. The number of halogens is 1. The van der Waals surface area contributed by atoms with Crippen LogP contribution < -0.4 is 0 Å². The average molecular weight is 456 g/mol. The van der Waals surface area contributed by atoms with Crippen molar-refractivity contribution in [1.29, 1.82) is 0 Å². The predicted octanol–water partition coefficient (Wildman–Crippen LogP) is 3.83. The maximum absolute atomic E-state index is 14.0. The predicted molar refractivity (Wildman–Crippen MR) is 121 cm³/mol. The van der Waals surface area contributed by atoms with Gasteiger partial charge in [-0.15, -0.1) is 0 Å². The van der Waals surface area contributed by atoms with Crippen LogP contribution in [-0.2, 0) is 26.1 Å². The molecular formula is C25H30FN3O4. The summed E-state index contributed by atoms with van der Waals surface area (Å²) in [5, 5.41) is 18.8. The van der Waals surface area contributed by atoms with E-state index in [2.05, 4.69) is 0 Å². The Bertz CT molecular complexity index is 1000. The monoisotopic (exact) mass is 455 g/mol. The number of aliphatic hydroxyl groups excluding tert-OH is 1. The van der Waals surface area contributed by atoms with Crippen LogP contribution in [-0.4, -0.2) is 62.3 Å². The van der Waals surface area contributed by atoms with Crippen molar-refractivity contribution in [2.75, 3.05) is 13.1 Å². The van der Waals surface area contributed by atoms with Crippen LogP contribution in [0.3, 0.4) is 0 Å². The number of hydrogen-bond acceptors (Lipinski definition) is 3. The number of hydrogen-bond donors (Lipinski definition) is 2. The third-order valence-corrected chi connectivity index (χ3v) is 6.49. The second kappa shape index (κ2) is 9.79. The normalized spacial score (nSPS) is 18.2. The smallest absolute Gasteiger partial charge is 0.407 e. The van der Waals surface area contributed by atoms with Gasteiger partial charge < -0.3 is 24.9 Å². The van der Waals surface area contributed by atoms with Gasteiger partial charge in [0.05, 0.1) is 6.10 Å². The second-order valence-electron chi connectivity index (χ2n) is 9.05. The molecule has 1 atom stereocenters. The van der Waals surface area contributed by atoms with E-state index in [9.17, 15) is 24.2 Å². The topological polar surface area (TPSA) is 84.3 Å². The summed E-state index contributed by atoms with van der Waals surface area (Å²) in [6.45, 7) is 3.62. The van der Waals surface area contributed by atoms with Gasteiger partial charge in [-0.3, -0.25) is 0 Å². The van der Waals surface area contributed by atoms with Gasteiger partial charge in [-0.1, -0.05) is 30.3 Å². The minimum Gasteiger partial charge on any atom is -0.465 e. The molecule has 7 nitrogen and oxygen atoms in total. The fraction of sp³-hybridized carbons (Fsp3) is 0.440. The summed E-state index contributed by atoms with van der Waals surface area (Å²) in [7, 11) is 0. The molecule has 0 saturated carbocycles. The highest BCUT2D eigenvalue weighted by Gasteiger charge is 2.34. The van der Waals surface area contributed by atoms with E-state index in [1.807, 2.05) is 24.3 Å². The summed E-state index contributed by atoms with van der Waals surface area (Å²) in [5.74, 6) is -0.330. The number of piperidine rings is 1. The first-order valence-electron chi connectivity index (χ1n) is 11.4. The Kier molecular flexibility index (Phi) is 6.83. The van der Waals surface area contributed by atoms with Crippen molar-refractivity contribution < 1.29 is 24.2 Å². The molecule has 8 heteroatoms. The van der Waals surface area contributed by atoms with Crippen LogP contribution in [0.1, 0.15) is 42.0 Å². The largest absolute Gasteiger partial charge is 0.465 e. The highest BCUT2D eigenvalue weighted by atomic mass is 19.1. The Morgan fingerprint density at radius 2 is 1.73 bits per heavy atom. The van der Waals surface area contributed by atoms with E-state index in [1.54, 1.807) is 22.8 Å². The number of benzene rings is 2. The molecule has 1 fully saturated rings. The number of carboxylic acid groups (broad SMARTS) is 1. The molecule has 2 aromatic carbocycles. The number of fused-ring (bicyclic) bond motifs is 1. The summed E-state index contributed by atoms with van der Waals surface area (Å²) < 4.78 is 14.0. The molecule has 2 N–H and O–H groups in total. The van der Waals surface area contributed by atoms with E-state index in [0.717, 1.165) is 22.3 Å². The van der Waals surface area contributed by atoms with Crippen molar-refractivity contribution in [3.8, 4) is 0 Å². The van der Waals surface area contributed by atoms with E-state index in [-0.39, 0.29) is 17.9 Å². The standard InChI is InChI=1S/C25H30FN3O4/c1-17(30)12-18-2-4-19(5-3-18)14-28-15-20-6-7-22(26)13-21(20)16-29(24(28)31)23-8-10-27(11-9-23)25(32)33/h2-7,13,17,23,30H,8-12,14-16H2,1H3,(H,32,33). The number of rotatable bonds is 5. The zero-order chi connectivity index (χ0) is 23.5. The minimum atomic E-state index is -0.941. The van der Waals surface area contributed by atoms with Gasteiger partial charge in [0, 0.05) is 38.8 Å². The Morgan fingerprint density at radius 1 is 1.06 bits per heavy atom. The van der Waals surface area contributed by atoms with E-state index in [1.165, 1.54) is 17.0 Å². The number of amides is 3. The number of carbonyl (C=O) groups is 2. The zero-order valence-electron chi connectivity index (χ0n) is 18.8. The first-order chi connectivity index (χ1) is 15.8. The van der Waals surface area contributed by atoms with E-state index < -0.39 is 12.2 Å². The Balaban J connectivity index is 1.56. The van der Waals surface area contributed by atoms with Gasteiger partial charge in [0.25, 0.3) is 0 Å². The van der Waals surface area contributed by atoms with Gasteiger partial charge in [0.2, 0.25) is 0 Å². The van der Waals surface area contributed by atoms with Crippen molar-refractivity contribution in [3.05, 3.63) is 70.5 Å². The van der Waals surface area contributed by atoms with Gasteiger partial charge >= 0.3 is 12.1 Å². The minimum absolute atomic E-state index is 0.0989. The quantitative estimate of drug-likeness (QED) is 0.718. The van der Waals surface area contributed by atoms with Gasteiger partial charge in [-0.2, -0.15) is 0 Å². The van der Waals surface area contributed by atoms with Gasteiger partial charge in [-0.25, -0.2) is 14.0 Å². The molecule has 1 saturated heterocycles. The summed E-state index contributed by atoms with van der Waals surface area (Å²) in [5.41, 5.74) is 3.72. The number of urea groups is 1. The number of aliphatic hydroxyl groups is 1. The molecule has 2 aliphatic rings. The Morgan fingerprint density at radius 3 is 2.36 bits per heavy atom. The fourth-order valence-electron chi connectivity index (χ4n) is 4.72. The van der Waals surface area contributed by atoms with Gasteiger partial charge in [0.15, 0.2) is 0 Å². The molecule has 0 aromatic heterocycles. The van der Waals surface area contributed by atoms with Crippen molar-refractivity contribution in [3.63, 3.8) is 0 Å².